The average molecular weight is 299 g/mol. The fourth-order valence-corrected chi connectivity index (χ4v) is 2.81. The van der Waals surface area contributed by atoms with Crippen molar-refractivity contribution >= 4 is 6.03 Å². The topological polar surface area (TPSA) is 64.6 Å². The van der Waals surface area contributed by atoms with Gasteiger partial charge in [0.05, 0.1) is 5.60 Å². The van der Waals surface area contributed by atoms with E-state index in [0.717, 1.165) is 32.6 Å². The first-order chi connectivity index (χ1) is 9.88. The first-order valence-corrected chi connectivity index (χ1v) is 8.35. The molecule has 1 aliphatic heterocycles. The minimum Gasteiger partial charge on any atom is -0.388 e. The highest BCUT2D eigenvalue weighted by molar-refractivity contribution is 5.73. The zero-order valence-corrected chi connectivity index (χ0v) is 14.1. The smallest absolute Gasteiger partial charge is 0.314 e. The van der Waals surface area contributed by atoms with Gasteiger partial charge in [-0.25, -0.2) is 4.79 Å². The summed E-state index contributed by atoms with van der Waals surface area (Å²) in [5, 5.41) is 15.8. The molecule has 0 aromatic rings. The molecule has 3 N–H and O–H groups in total. The maximum atomic E-state index is 11.8. The Morgan fingerprint density at radius 1 is 1.33 bits per heavy atom. The van der Waals surface area contributed by atoms with Gasteiger partial charge in [0.2, 0.25) is 0 Å². The Bertz CT molecular complexity index is 317. The van der Waals surface area contributed by atoms with E-state index in [1.165, 1.54) is 0 Å². The number of hydrogen-bond acceptors (Lipinski definition) is 3. The third-order valence-electron chi connectivity index (χ3n) is 4.44. The van der Waals surface area contributed by atoms with E-state index in [1.54, 1.807) is 0 Å². The van der Waals surface area contributed by atoms with Gasteiger partial charge < -0.3 is 20.6 Å². The van der Waals surface area contributed by atoms with Crippen molar-refractivity contribution in [3.8, 4) is 0 Å². The maximum Gasteiger partial charge on any atom is 0.314 e. The van der Waals surface area contributed by atoms with Gasteiger partial charge >= 0.3 is 6.03 Å². The summed E-state index contributed by atoms with van der Waals surface area (Å²) >= 11 is 0. The van der Waals surface area contributed by atoms with Crippen LogP contribution >= 0.6 is 0 Å². The molecule has 1 saturated heterocycles. The number of rotatable bonds is 8. The summed E-state index contributed by atoms with van der Waals surface area (Å²) in [7, 11) is 0. The van der Waals surface area contributed by atoms with Gasteiger partial charge in [-0.3, -0.25) is 0 Å². The molecule has 1 rings (SSSR count). The predicted octanol–water partition coefficient (Wildman–Crippen LogP) is 1.81. The molecule has 1 aliphatic rings. The average Bonchev–Trinajstić information content (AvgIpc) is 2.89. The summed E-state index contributed by atoms with van der Waals surface area (Å²) in [5.74, 6) is 1.24. The summed E-state index contributed by atoms with van der Waals surface area (Å²) in [6, 6.07) is -0.169. The van der Waals surface area contributed by atoms with Gasteiger partial charge in [0, 0.05) is 26.2 Å². The number of nitrogens with zero attached hydrogens (tertiary/aromatic N) is 1. The summed E-state index contributed by atoms with van der Waals surface area (Å²) in [6.07, 6.45) is 2.45. The first-order valence-electron chi connectivity index (χ1n) is 8.35. The Labute approximate surface area is 129 Å². The lowest BCUT2D eigenvalue weighted by atomic mass is 9.98. The number of urea groups is 1. The van der Waals surface area contributed by atoms with Gasteiger partial charge in [-0.1, -0.05) is 27.7 Å². The van der Waals surface area contributed by atoms with Crippen LogP contribution in [0, 0.1) is 11.8 Å². The van der Waals surface area contributed by atoms with Crippen LogP contribution in [0.15, 0.2) is 0 Å². The number of carbonyl (C=O) groups is 1. The van der Waals surface area contributed by atoms with Crippen molar-refractivity contribution in [2.45, 2.75) is 52.6 Å². The van der Waals surface area contributed by atoms with E-state index in [2.05, 4.69) is 29.4 Å². The van der Waals surface area contributed by atoms with Crippen molar-refractivity contribution in [2.24, 2.45) is 11.8 Å². The van der Waals surface area contributed by atoms with Gasteiger partial charge in [0.25, 0.3) is 0 Å². The molecule has 2 amide bonds. The molecular weight excluding hydrogens is 266 g/mol. The molecule has 0 spiro atoms. The molecule has 0 aromatic heterocycles. The number of aliphatic hydroxyl groups is 1. The minimum atomic E-state index is -0.779. The third kappa shape index (κ3) is 6.66. The molecule has 1 atom stereocenters. The second-order valence-corrected chi connectivity index (χ2v) is 6.80. The molecule has 1 unspecified atom stereocenters. The van der Waals surface area contributed by atoms with Gasteiger partial charge in [-0.05, 0) is 37.6 Å². The van der Waals surface area contributed by atoms with Crippen molar-refractivity contribution in [1.82, 2.24) is 15.5 Å². The highest BCUT2D eigenvalue weighted by atomic mass is 16.3. The zero-order chi connectivity index (χ0) is 15.9. The van der Waals surface area contributed by atoms with Crippen LogP contribution in [0.25, 0.3) is 0 Å². The van der Waals surface area contributed by atoms with Crippen LogP contribution < -0.4 is 10.6 Å². The normalized spacial score (nSPS) is 20.0. The molecule has 5 heteroatoms. The van der Waals surface area contributed by atoms with Crippen molar-refractivity contribution in [1.29, 1.82) is 0 Å². The first kappa shape index (κ1) is 18.2. The van der Waals surface area contributed by atoms with E-state index < -0.39 is 5.60 Å². The predicted molar refractivity (Wildman–Crippen MR) is 86.3 cm³/mol. The van der Waals surface area contributed by atoms with Gasteiger partial charge in [-0.2, -0.15) is 0 Å². The van der Waals surface area contributed by atoms with Crippen LogP contribution in [-0.4, -0.2) is 54.4 Å². The Morgan fingerprint density at radius 2 is 2.00 bits per heavy atom. The Kier molecular flexibility index (Phi) is 7.46. The molecule has 1 heterocycles. The molecule has 21 heavy (non-hydrogen) atoms. The molecule has 124 valence electrons. The van der Waals surface area contributed by atoms with Gasteiger partial charge in [-0.15, -0.1) is 0 Å². The lowest BCUT2D eigenvalue weighted by molar-refractivity contribution is 0.0349. The molecule has 0 bridgehead atoms. The van der Waals surface area contributed by atoms with E-state index in [1.807, 2.05) is 13.8 Å². The van der Waals surface area contributed by atoms with E-state index in [0.29, 0.717) is 31.2 Å². The lowest BCUT2D eigenvalue weighted by Crippen LogP contribution is -2.46. The summed E-state index contributed by atoms with van der Waals surface area (Å²) in [5.41, 5.74) is -0.779. The minimum absolute atomic E-state index is 0.169. The third-order valence-corrected chi connectivity index (χ3v) is 4.44. The van der Waals surface area contributed by atoms with Gasteiger partial charge in [0.1, 0.15) is 0 Å². The highest BCUT2D eigenvalue weighted by Crippen LogP contribution is 2.16. The van der Waals surface area contributed by atoms with Crippen LogP contribution in [0.5, 0.6) is 0 Å². The quantitative estimate of drug-likeness (QED) is 0.640. The molecule has 0 radical (unpaired) electrons. The van der Waals surface area contributed by atoms with E-state index in [4.69, 9.17) is 0 Å². The summed E-state index contributed by atoms with van der Waals surface area (Å²) in [4.78, 5) is 14.3. The van der Waals surface area contributed by atoms with E-state index >= 15 is 0 Å². The molecule has 0 aliphatic carbocycles. The number of carbonyl (C=O) groups excluding carboxylic acids is 1. The fourth-order valence-electron chi connectivity index (χ4n) is 2.81. The summed E-state index contributed by atoms with van der Waals surface area (Å²) in [6.45, 7) is 12.7. The van der Waals surface area contributed by atoms with Crippen LogP contribution in [0.2, 0.25) is 0 Å². The number of likely N-dealkylation sites (tertiary alicyclic amines) is 1. The molecule has 0 saturated carbocycles. The Hall–Kier alpha value is -0.810. The van der Waals surface area contributed by atoms with Crippen LogP contribution in [0.1, 0.15) is 47.0 Å². The molecular formula is C16H33N3O2. The number of amides is 2. The number of hydrogen-bond donors (Lipinski definition) is 3. The Morgan fingerprint density at radius 3 is 2.57 bits per heavy atom. The van der Waals surface area contributed by atoms with Crippen LogP contribution in [-0.2, 0) is 0 Å². The molecule has 5 nitrogen and oxygen atoms in total. The van der Waals surface area contributed by atoms with Crippen LogP contribution in [0.3, 0.4) is 0 Å². The van der Waals surface area contributed by atoms with Gasteiger partial charge in [0.15, 0.2) is 0 Å². The van der Waals surface area contributed by atoms with Crippen molar-refractivity contribution < 1.29 is 9.90 Å². The second kappa shape index (κ2) is 8.59. The Balaban J connectivity index is 2.19. The number of nitrogens with one attached hydrogen (secondary N) is 2. The SMILES string of the molecule is CCC(O)(CC)CNC(=O)NCC1CCN(CC(C)C)C1. The lowest BCUT2D eigenvalue weighted by Gasteiger charge is -2.25. The molecule has 1 fully saturated rings. The van der Waals surface area contributed by atoms with E-state index in [-0.39, 0.29) is 6.03 Å². The van der Waals surface area contributed by atoms with Crippen molar-refractivity contribution in [2.75, 3.05) is 32.7 Å². The van der Waals surface area contributed by atoms with Crippen molar-refractivity contribution in [3.63, 3.8) is 0 Å². The standard InChI is InChI=1S/C16H33N3O2/c1-5-16(21,6-2)12-18-15(20)17-9-14-7-8-19(11-14)10-13(3)4/h13-14,21H,5-12H2,1-4H3,(H2,17,18,20). The summed E-state index contributed by atoms with van der Waals surface area (Å²) < 4.78 is 0. The maximum absolute atomic E-state index is 11.8. The molecule has 0 aromatic carbocycles. The zero-order valence-electron chi connectivity index (χ0n) is 14.1. The van der Waals surface area contributed by atoms with Crippen LogP contribution in [0.4, 0.5) is 4.79 Å². The van der Waals surface area contributed by atoms with Crippen molar-refractivity contribution in [3.05, 3.63) is 0 Å². The second-order valence-electron chi connectivity index (χ2n) is 6.80. The van der Waals surface area contributed by atoms with E-state index in [9.17, 15) is 9.90 Å². The monoisotopic (exact) mass is 299 g/mol. The fraction of sp³-hybridized carbons (Fsp3) is 0.938. The highest BCUT2D eigenvalue weighted by Gasteiger charge is 2.25. The largest absolute Gasteiger partial charge is 0.388 e.